The van der Waals surface area contributed by atoms with Crippen LogP contribution in [0.4, 0.5) is 0 Å². The first kappa shape index (κ1) is 8.90. The van der Waals surface area contributed by atoms with Crippen LogP contribution < -0.4 is 0 Å². The number of hydrogen-bond acceptors (Lipinski definition) is 3. The van der Waals surface area contributed by atoms with Gasteiger partial charge in [0.1, 0.15) is 0 Å². The van der Waals surface area contributed by atoms with Crippen molar-refractivity contribution in [2.45, 2.75) is 32.7 Å². The zero-order valence-electron chi connectivity index (χ0n) is 7.16. The molecule has 1 saturated heterocycles. The second-order valence-electron chi connectivity index (χ2n) is 2.95. The van der Waals surface area contributed by atoms with E-state index in [0.717, 1.165) is 4.90 Å². The Hall–Kier alpha value is -1.19. The fourth-order valence-electron chi connectivity index (χ4n) is 1.46. The number of nitrogens with zero attached hydrogens (tertiary/aromatic N) is 1. The average Bonchev–Trinajstić information content (AvgIpc) is 2.30. The van der Waals surface area contributed by atoms with Crippen LogP contribution in [0, 0.1) is 0 Å². The second-order valence-corrected chi connectivity index (χ2v) is 2.95. The number of ketones is 1. The Balaban J connectivity index is 2.84. The monoisotopic (exact) mass is 169 g/mol. The van der Waals surface area contributed by atoms with Crippen molar-refractivity contribution in [3.05, 3.63) is 0 Å². The molecule has 0 aromatic rings. The van der Waals surface area contributed by atoms with Gasteiger partial charge in [-0.1, -0.05) is 0 Å². The summed E-state index contributed by atoms with van der Waals surface area (Å²) in [5.41, 5.74) is 0. The lowest BCUT2D eigenvalue weighted by molar-refractivity contribution is -0.145. The molecule has 0 aliphatic carbocycles. The lowest BCUT2D eigenvalue weighted by Gasteiger charge is -2.18. The van der Waals surface area contributed by atoms with Gasteiger partial charge >= 0.3 is 0 Å². The van der Waals surface area contributed by atoms with Gasteiger partial charge in [0.05, 0.1) is 6.04 Å². The lowest BCUT2D eigenvalue weighted by Crippen LogP contribution is -2.40. The molecular weight excluding hydrogens is 158 g/mol. The summed E-state index contributed by atoms with van der Waals surface area (Å²) in [6.07, 6.45) is 0.789. The molecule has 1 fully saturated rings. The highest BCUT2D eigenvalue weighted by Crippen LogP contribution is 2.19. The van der Waals surface area contributed by atoms with E-state index in [0.29, 0.717) is 12.8 Å². The average molecular weight is 169 g/mol. The van der Waals surface area contributed by atoms with Crippen LogP contribution in [0.3, 0.4) is 0 Å². The van der Waals surface area contributed by atoms with Crippen LogP contribution in [0.1, 0.15) is 26.7 Å². The van der Waals surface area contributed by atoms with E-state index in [1.54, 1.807) is 0 Å². The number of amides is 2. The van der Waals surface area contributed by atoms with E-state index in [9.17, 15) is 14.4 Å². The molecule has 0 unspecified atom stereocenters. The molecular formula is C8H11NO3. The summed E-state index contributed by atoms with van der Waals surface area (Å²) in [6.45, 7) is 2.71. The first-order valence-corrected chi connectivity index (χ1v) is 3.87. The number of rotatable bonds is 1. The van der Waals surface area contributed by atoms with Crippen LogP contribution in [0.15, 0.2) is 0 Å². The van der Waals surface area contributed by atoms with Crippen molar-refractivity contribution in [1.82, 2.24) is 4.90 Å². The zero-order valence-corrected chi connectivity index (χ0v) is 7.16. The van der Waals surface area contributed by atoms with E-state index in [-0.39, 0.29) is 17.6 Å². The molecule has 1 rings (SSSR count). The Morgan fingerprint density at radius 3 is 2.33 bits per heavy atom. The number of likely N-dealkylation sites (tertiary alicyclic amines) is 1. The maximum absolute atomic E-state index is 11.1. The predicted octanol–water partition coefficient (Wildman–Crippen LogP) is 0.113. The van der Waals surface area contributed by atoms with E-state index in [1.807, 2.05) is 0 Å². The third-order valence-electron chi connectivity index (χ3n) is 2.02. The molecule has 4 nitrogen and oxygen atoms in total. The summed E-state index contributed by atoms with van der Waals surface area (Å²) in [5.74, 6) is -0.684. The van der Waals surface area contributed by atoms with E-state index in [2.05, 4.69) is 0 Å². The SMILES string of the molecule is CC(=O)[C@H]1CCC(=O)N1C(C)=O. The van der Waals surface area contributed by atoms with Gasteiger partial charge < -0.3 is 0 Å². The Kier molecular flexibility index (Phi) is 2.26. The largest absolute Gasteiger partial charge is 0.298 e. The van der Waals surface area contributed by atoms with Crippen LogP contribution in [-0.4, -0.2) is 28.5 Å². The van der Waals surface area contributed by atoms with Crippen LogP contribution in [0.5, 0.6) is 0 Å². The molecule has 1 atom stereocenters. The minimum atomic E-state index is -0.505. The van der Waals surface area contributed by atoms with Crippen LogP contribution in [0.25, 0.3) is 0 Å². The van der Waals surface area contributed by atoms with Crippen LogP contribution in [-0.2, 0) is 14.4 Å². The summed E-state index contributed by atoms with van der Waals surface area (Å²) in [7, 11) is 0. The number of carbonyl (C=O) groups excluding carboxylic acids is 3. The molecule has 0 N–H and O–H groups in total. The third kappa shape index (κ3) is 1.37. The molecule has 0 aromatic heterocycles. The van der Waals surface area contributed by atoms with Gasteiger partial charge in [-0.15, -0.1) is 0 Å². The van der Waals surface area contributed by atoms with Crippen molar-refractivity contribution >= 4 is 17.6 Å². The van der Waals surface area contributed by atoms with Gasteiger partial charge in [-0.2, -0.15) is 0 Å². The maximum Gasteiger partial charge on any atom is 0.229 e. The van der Waals surface area contributed by atoms with Gasteiger partial charge in [0, 0.05) is 13.3 Å². The normalized spacial score (nSPS) is 23.0. The number of imide groups is 1. The molecule has 1 aliphatic rings. The number of hydrogen-bond donors (Lipinski definition) is 0. The molecule has 12 heavy (non-hydrogen) atoms. The number of Topliss-reactive ketones (excluding diaryl/α,β-unsaturated/α-hetero) is 1. The van der Waals surface area contributed by atoms with E-state index < -0.39 is 6.04 Å². The molecule has 1 heterocycles. The summed E-state index contributed by atoms with van der Waals surface area (Å²) in [4.78, 5) is 34.0. The Morgan fingerprint density at radius 2 is 2.00 bits per heavy atom. The molecule has 1 aliphatic heterocycles. The standard InChI is InChI=1S/C8H11NO3/c1-5(10)7-3-4-8(12)9(7)6(2)11/h7H,3-4H2,1-2H3/t7-/m1/s1. The number of carbonyl (C=O) groups is 3. The zero-order chi connectivity index (χ0) is 9.30. The fourth-order valence-corrected chi connectivity index (χ4v) is 1.46. The Bertz CT molecular complexity index is 247. The van der Waals surface area contributed by atoms with E-state index >= 15 is 0 Å². The Morgan fingerprint density at radius 1 is 1.42 bits per heavy atom. The summed E-state index contributed by atoms with van der Waals surface area (Å²) < 4.78 is 0. The highest BCUT2D eigenvalue weighted by atomic mass is 16.2. The first-order valence-electron chi connectivity index (χ1n) is 3.87. The second kappa shape index (κ2) is 3.05. The summed E-state index contributed by atoms with van der Waals surface area (Å²) in [5, 5.41) is 0. The van der Waals surface area contributed by atoms with Gasteiger partial charge in [-0.3, -0.25) is 19.3 Å². The van der Waals surface area contributed by atoms with Crippen molar-refractivity contribution in [2.24, 2.45) is 0 Å². The van der Waals surface area contributed by atoms with Crippen molar-refractivity contribution in [2.75, 3.05) is 0 Å². The fraction of sp³-hybridized carbons (Fsp3) is 0.625. The smallest absolute Gasteiger partial charge is 0.229 e. The first-order chi connectivity index (χ1) is 5.54. The van der Waals surface area contributed by atoms with Crippen LogP contribution >= 0.6 is 0 Å². The lowest BCUT2D eigenvalue weighted by atomic mass is 10.1. The molecule has 0 saturated carbocycles. The van der Waals surface area contributed by atoms with Crippen molar-refractivity contribution < 1.29 is 14.4 Å². The summed E-state index contributed by atoms with van der Waals surface area (Å²) in [6, 6.07) is -0.505. The molecule has 0 bridgehead atoms. The van der Waals surface area contributed by atoms with Crippen molar-refractivity contribution in [3.63, 3.8) is 0 Å². The summed E-state index contributed by atoms with van der Waals surface area (Å²) >= 11 is 0. The van der Waals surface area contributed by atoms with E-state index in [1.165, 1.54) is 13.8 Å². The van der Waals surface area contributed by atoms with Gasteiger partial charge in [-0.05, 0) is 13.3 Å². The molecule has 0 spiro atoms. The minimum Gasteiger partial charge on any atom is -0.298 e. The van der Waals surface area contributed by atoms with Crippen molar-refractivity contribution in [3.8, 4) is 0 Å². The molecule has 2 amide bonds. The van der Waals surface area contributed by atoms with E-state index in [4.69, 9.17) is 0 Å². The molecule has 0 radical (unpaired) electrons. The quantitative estimate of drug-likeness (QED) is 0.560. The van der Waals surface area contributed by atoms with Gasteiger partial charge in [0.25, 0.3) is 0 Å². The predicted molar refractivity (Wildman–Crippen MR) is 41.2 cm³/mol. The Labute approximate surface area is 70.5 Å². The minimum absolute atomic E-state index is 0.115. The highest BCUT2D eigenvalue weighted by Gasteiger charge is 2.36. The van der Waals surface area contributed by atoms with Gasteiger partial charge in [-0.25, -0.2) is 0 Å². The van der Waals surface area contributed by atoms with Gasteiger partial charge in [0.2, 0.25) is 11.8 Å². The van der Waals surface area contributed by atoms with Crippen LogP contribution in [0.2, 0.25) is 0 Å². The van der Waals surface area contributed by atoms with Gasteiger partial charge in [0.15, 0.2) is 5.78 Å². The molecule has 66 valence electrons. The van der Waals surface area contributed by atoms with Crippen molar-refractivity contribution in [1.29, 1.82) is 0 Å². The third-order valence-corrected chi connectivity index (χ3v) is 2.02. The topological polar surface area (TPSA) is 54.5 Å². The molecule has 4 heteroatoms. The maximum atomic E-state index is 11.1. The highest BCUT2D eigenvalue weighted by molar-refractivity contribution is 6.01. The molecule has 0 aromatic carbocycles.